The van der Waals surface area contributed by atoms with Gasteiger partial charge < -0.3 is 5.11 Å². The van der Waals surface area contributed by atoms with E-state index >= 15 is 0 Å². The van der Waals surface area contributed by atoms with Crippen LogP contribution in [0.4, 0.5) is 0 Å². The highest BCUT2D eigenvalue weighted by Gasteiger charge is 1.98. The third kappa shape index (κ3) is 4.49. The number of nitrogens with zero attached hydrogens (tertiary/aromatic N) is 3. The third-order valence-corrected chi connectivity index (χ3v) is 2.19. The maximum atomic E-state index is 9.13. The lowest BCUT2D eigenvalue weighted by molar-refractivity contribution is 0.185. The molecule has 1 rings (SSSR count). The summed E-state index contributed by atoms with van der Waals surface area (Å²) < 4.78 is 0. The average molecular weight is 205 g/mol. The number of hydrogen-bond acceptors (Lipinski definition) is 2. The first kappa shape index (κ1) is 11.6. The first-order chi connectivity index (χ1) is 7.22. The SMILES string of the molecule is CC(O)CCc1ccc(CN=[N+]=[N-])cc1. The Hall–Kier alpha value is -1.51. The summed E-state index contributed by atoms with van der Waals surface area (Å²) in [4.78, 5) is 2.70. The quantitative estimate of drug-likeness (QED) is 0.448. The molecule has 0 saturated heterocycles. The average Bonchev–Trinajstić information content (AvgIpc) is 2.25. The van der Waals surface area contributed by atoms with Gasteiger partial charge in [-0.15, -0.1) is 0 Å². The summed E-state index contributed by atoms with van der Waals surface area (Å²) >= 11 is 0. The molecule has 1 aromatic rings. The molecule has 4 heteroatoms. The van der Waals surface area contributed by atoms with E-state index in [9.17, 15) is 0 Å². The van der Waals surface area contributed by atoms with Crippen molar-refractivity contribution in [3.05, 3.63) is 45.8 Å². The summed E-state index contributed by atoms with van der Waals surface area (Å²) in [5.41, 5.74) is 10.4. The van der Waals surface area contributed by atoms with Gasteiger partial charge in [-0.25, -0.2) is 0 Å². The minimum Gasteiger partial charge on any atom is -0.393 e. The summed E-state index contributed by atoms with van der Waals surface area (Å²) in [6.45, 7) is 2.18. The normalized spacial score (nSPS) is 11.9. The van der Waals surface area contributed by atoms with Crippen LogP contribution in [0.5, 0.6) is 0 Å². The summed E-state index contributed by atoms with van der Waals surface area (Å²) in [5.74, 6) is 0. The predicted molar refractivity (Wildman–Crippen MR) is 59.3 cm³/mol. The zero-order valence-corrected chi connectivity index (χ0v) is 8.80. The first-order valence-corrected chi connectivity index (χ1v) is 4.99. The van der Waals surface area contributed by atoms with Gasteiger partial charge in [-0.1, -0.05) is 29.4 Å². The van der Waals surface area contributed by atoms with Crippen LogP contribution in [0.1, 0.15) is 24.5 Å². The number of hydrogen-bond donors (Lipinski definition) is 1. The number of benzene rings is 1. The van der Waals surface area contributed by atoms with Gasteiger partial charge in [-0.2, -0.15) is 0 Å². The number of aliphatic hydroxyl groups is 1. The topological polar surface area (TPSA) is 69.0 Å². The van der Waals surface area contributed by atoms with E-state index in [2.05, 4.69) is 10.0 Å². The van der Waals surface area contributed by atoms with Crippen LogP contribution in [0, 0.1) is 0 Å². The molecule has 1 aromatic carbocycles. The smallest absolute Gasteiger partial charge is 0.0515 e. The van der Waals surface area contributed by atoms with Crippen molar-refractivity contribution >= 4 is 0 Å². The molecule has 0 amide bonds. The lowest BCUT2D eigenvalue weighted by Crippen LogP contribution is -2.01. The highest BCUT2D eigenvalue weighted by atomic mass is 16.3. The van der Waals surface area contributed by atoms with E-state index in [0.29, 0.717) is 6.54 Å². The van der Waals surface area contributed by atoms with Crippen molar-refractivity contribution in [2.75, 3.05) is 0 Å². The van der Waals surface area contributed by atoms with Crippen molar-refractivity contribution in [3.63, 3.8) is 0 Å². The molecule has 0 aliphatic heterocycles. The predicted octanol–water partition coefficient (Wildman–Crippen LogP) is 2.81. The molecule has 1 atom stereocenters. The van der Waals surface area contributed by atoms with Crippen molar-refractivity contribution in [2.24, 2.45) is 5.11 Å². The second-order valence-electron chi connectivity index (χ2n) is 3.59. The molecule has 0 aromatic heterocycles. The Morgan fingerprint density at radius 3 is 2.47 bits per heavy atom. The third-order valence-electron chi connectivity index (χ3n) is 2.19. The molecule has 0 heterocycles. The van der Waals surface area contributed by atoms with E-state index in [0.717, 1.165) is 18.4 Å². The molecule has 0 fully saturated rings. The van der Waals surface area contributed by atoms with Crippen LogP contribution in [0.25, 0.3) is 10.4 Å². The van der Waals surface area contributed by atoms with Crippen LogP contribution >= 0.6 is 0 Å². The standard InChI is InChI=1S/C11H15N3O/c1-9(15)2-3-10-4-6-11(7-5-10)8-13-14-12/h4-7,9,15H,2-3,8H2,1H3. The van der Waals surface area contributed by atoms with Crippen LogP contribution in [0.2, 0.25) is 0 Å². The number of aliphatic hydroxyl groups excluding tert-OH is 1. The van der Waals surface area contributed by atoms with E-state index in [-0.39, 0.29) is 6.10 Å². The van der Waals surface area contributed by atoms with Crippen LogP contribution in [0.3, 0.4) is 0 Å². The molecule has 0 saturated carbocycles. The van der Waals surface area contributed by atoms with Gasteiger partial charge in [0.1, 0.15) is 0 Å². The monoisotopic (exact) mass is 205 g/mol. The van der Waals surface area contributed by atoms with Crippen molar-refractivity contribution in [1.29, 1.82) is 0 Å². The van der Waals surface area contributed by atoms with E-state index < -0.39 is 0 Å². The molecule has 4 nitrogen and oxygen atoms in total. The zero-order chi connectivity index (χ0) is 11.1. The first-order valence-electron chi connectivity index (χ1n) is 4.99. The summed E-state index contributed by atoms with van der Waals surface area (Å²) in [5, 5.41) is 12.6. The van der Waals surface area contributed by atoms with Crippen molar-refractivity contribution < 1.29 is 5.11 Å². The maximum absolute atomic E-state index is 9.13. The molecule has 0 spiro atoms. The minimum absolute atomic E-state index is 0.257. The van der Waals surface area contributed by atoms with E-state index in [1.807, 2.05) is 24.3 Å². The summed E-state index contributed by atoms with van der Waals surface area (Å²) in [6.07, 6.45) is 1.39. The minimum atomic E-state index is -0.257. The van der Waals surface area contributed by atoms with Crippen LogP contribution in [0.15, 0.2) is 29.4 Å². The van der Waals surface area contributed by atoms with Gasteiger partial charge in [0.2, 0.25) is 0 Å². The molecule has 0 bridgehead atoms. The molecular weight excluding hydrogens is 190 g/mol. The Balaban J connectivity index is 2.52. The molecule has 0 aliphatic rings. The molecule has 15 heavy (non-hydrogen) atoms. The Kier molecular flexibility index (Phi) is 4.68. The summed E-state index contributed by atoms with van der Waals surface area (Å²) in [6, 6.07) is 7.91. The highest BCUT2D eigenvalue weighted by Crippen LogP contribution is 2.08. The lowest BCUT2D eigenvalue weighted by Gasteiger charge is -2.04. The van der Waals surface area contributed by atoms with Crippen LogP contribution in [-0.4, -0.2) is 11.2 Å². The molecule has 1 N–H and O–H groups in total. The fraction of sp³-hybridized carbons (Fsp3) is 0.455. The number of aryl methyl sites for hydroxylation is 1. The molecular formula is C11H15N3O. The highest BCUT2D eigenvalue weighted by molar-refractivity contribution is 5.22. The van der Waals surface area contributed by atoms with E-state index in [1.54, 1.807) is 6.92 Å². The Labute approximate surface area is 89.2 Å². The maximum Gasteiger partial charge on any atom is 0.0515 e. The number of rotatable bonds is 5. The van der Waals surface area contributed by atoms with E-state index in [1.165, 1.54) is 5.56 Å². The van der Waals surface area contributed by atoms with Crippen molar-refractivity contribution in [1.82, 2.24) is 0 Å². The zero-order valence-electron chi connectivity index (χ0n) is 8.80. The van der Waals surface area contributed by atoms with Gasteiger partial charge in [0, 0.05) is 4.91 Å². The second kappa shape index (κ2) is 6.06. The number of azide groups is 1. The fourth-order valence-corrected chi connectivity index (χ4v) is 1.30. The Bertz CT molecular complexity index is 339. The molecule has 1 unspecified atom stereocenters. The fourth-order valence-electron chi connectivity index (χ4n) is 1.30. The van der Waals surface area contributed by atoms with Gasteiger partial charge in [-0.05, 0) is 36.4 Å². The van der Waals surface area contributed by atoms with Crippen molar-refractivity contribution in [3.8, 4) is 0 Å². The van der Waals surface area contributed by atoms with Crippen LogP contribution < -0.4 is 0 Å². The van der Waals surface area contributed by atoms with Gasteiger partial charge in [0.15, 0.2) is 0 Å². The Morgan fingerprint density at radius 2 is 1.93 bits per heavy atom. The van der Waals surface area contributed by atoms with Gasteiger partial charge in [0.05, 0.1) is 12.6 Å². The van der Waals surface area contributed by atoms with Crippen molar-refractivity contribution in [2.45, 2.75) is 32.4 Å². The second-order valence-corrected chi connectivity index (χ2v) is 3.59. The van der Waals surface area contributed by atoms with E-state index in [4.69, 9.17) is 10.6 Å². The van der Waals surface area contributed by atoms with Gasteiger partial charge in [0.25, 0.3) is 0 Å². The molecule has 80 valence electrons. The van der Waals surface area contributed by atoms with Gasteiger partial charge in [-0.3, -0.25) is 0 Å². The lowest BCUT2D eigenvalue weighted by atomic mass is 10.1. The van der Waals surface area contributed by atoms with Gasteiger partial charge >= 0.3 is 0 Å². The molecule has 0 radical (unpaired) electrons. The summed E-state index contributed by atoms with van der Waals surface area (Å²) in [7, 11) is 0. The largest absolute Gasteiger partial charge is 0.393 e. The molecule has 0 aliphatic carbocycles. The van der Waals surface area contributed by atoms with Crippen LogP contribution in [-0.2, 0) is 13.0 Å². The Morgan fingerprint density at radius 1 is 1.33 bits per heavy atom.